The predicted octanol–water partition coefficient (Wildman–Crippen LogP) is 1.91. The summed E-state index contributed by atoms with van der Waals surface area (Å²) in [6.45, 7) is 2.72. The minimum Gasteiger partial charge on any atom is -0.469 e. The lowest BCUT2D eigenvalue weighted by Gasteiger charge is -2.34. The standard InChI is InChI=1S/C20H26F3N7O3/c1-31-13-4-6-30-16(7-13)27-28-19(30)29-5-2-3-12(9-29)25-18-24-8-15(20(21,22)23)17(26-18)33-14-10-32-11-14/h8,12-14H,2-7,9-11H2,1H3,(H,24,25,26)/t12-,13-/m1/s1. The molecular weight excluding hydrogens is 443 g/mol. The van der Waals surface area contributed by atoms with Crippen molar-refractivity contribution in [2.75, 3.05) is 43.6 Å². The van der Waals surface area contributed by atoms with E-state index >= 15 is 0 Å². The summed E-state index contributed by atoms with van der Waals surface area (Å²) >= 11 is 0. The Morgan fingerprint density at radius 2 is 2.00 bits per heavy atom. The third-order valence-corrected chi connectivity index (χ3v) is 6.21. The molecule has 0 aliphatic carbocycles. The monoisotopic (exact) mass is 469 g/mol. The first-order chi connectivity index (χ1) is 15.9. The summed E-state index contributed by atoms with van der Waals surface area (Å²) in [5.74, 6) is 1.36. The maximum absolute atomic E-state index is 13.4. The van der Waals surface area contributed by atoms with E-state index in [4.69, 9.17) is 14.2 Å². The molecule has 5 heterocycles. The van der Waals surface area contributed by atoms with Gasteiger partial charge in [0.1, 0.15) is 17.5 Å². The summed E-state index contributed by atoms with van der Waals surface area (Å²) < 4.78 is 58.1. The Hall–Kier alpha value is -2.67. The van der Waals surface area contributed by atoms with E-state index in [0.29, 0.717) is 6.54 Å². The molecule has 2 aromatic rings. The molecule has 2 saturated heterocycles. The molecule has 33 heavy (non-hydrogen) atoms. The topological polar surface area (TPSA) is 99.5 Å². The maximum atomic E-state index is 13.4. The number of rotatable bonds is 6. The van der Waals surface area contributed by atoms with Gasteiger partial charge >= 0.3 is 6.18 Å². The third kappa shape index (κ3) is 4.69. The molecule has 10 nitrogen and oxygen atoms in total. The Labute approximate surface area is 188 Å². The molecule has 2 atom stereocenters. The van der Waals surface area contributed by atoms with E-state index in [1.165, 1.54) is 0 Å². The average molecular weight is 469 g/mol. The molecule has 0 saturated carbocycles. The minimum atomic E-state index is -4.60. The third-order valence-electron chi connectivity index (χ3n) is 6.21. The highest BCUT2D eigenvalue weighted by Gasteiger charge is 2.38. The summed E-state index contributed by atoms with van der Waals surface area (Å²) in [4.78, 5) is 10.1. The lowest BCUT2D eigenvalue weighted by atomic mass is 10.1. The van der Waals surface area contributed by atoms with Crippen LogP contribution in [0.5, 0.6) is 5.88 Å². The van der Waals surface area contributed by atoms with Crippen LogP contribution >= 0.6 is 0 Å². The van der Waals surface area contributed by atoms with Crippen molar-refractivity contribution in [3.05, 3.63) is 17.6 Å². The largest absolute Gasteiger partial charge is 0.469 e. The molecule has 13 heteroatoms. The Balaban J connectivity index is 1.29. The molecule has 3 aliphatic heterocycles. The quantitative estimate of drug-likeness (QED) is 0.680. The van der Waals surface area contributed by atoms with Crippen LogP contribution in [-0.2, 0) is 28.6 Å². The fraction of sp³-hybridized carbons (Fsp3) is 0.700. The molecule has 2 fully saturated rings. The van der Waals surface area contributed by atoms with Crippen LogP contribution in [0, 0.1) is 0 Å². The number of ether oxygens (including phenoxy) is 3. The van der Waals surface area contributed by atoms with Gasteiger partial charge < -0.3 is 24.4 Å². The highest BCUT2D eigenvalue weighted by atomic mass is 19.4. The molecule has 5 rings (SSSR count). The molecule has 180 valence electrons. The summed E-state index contributed by atoms with van der Waals surface area (Å²) in [5.41, 5.74) is -0.991. The van der Waals surface area contributed by atoms with Crippen LogP contribution < -0.4 is 15.0 Å². The molecule has 0 aromatic carbocycles. The van der Waals surface area contributed by atoms with Crippen molar-refractivity contribution in [3.8, 4) is 5.88 Å². The molecule has 1 N–H and O–H groups in total. The zero-order chi connectivity index (χ0) is 23.0. The second kappa shape index (κ2) is 8.93. The van der Waals surface area contributed by atoms with Gasteiger partial charge in [-0.15, -0.1) is 10.2 Å². The zero-order valence-electron chi connectivity index (χ0n) is 18.2. The second-order valence-corrected chi connectivity index (χ2v) is 8.54. The van der Waals surface area contributed by atoms with Crippen molar-refractivity contribution >= 4 is 11.9 Å². The second-order valence-electron chi connectivity index (χ2n) is 8.54. The lowest BCUT2D eigenvalue weighted by molar-refractivity contribution is -0.142. The molecule has 0 amide bonds. The number of piperidine rings is 1. The normalized spacial score (nSPS) is 23.7. The number of anilines is 2. The summed E-state index contributed by atoms with van der Waals surface area (Å²) in [5, 5.41) is 11.9. The molecular formula is C20H26F3N7O3. The smallest absolute Gasteiger partial charge is 0.423 e. The van der Waals surface area contributed by atoms with E-state index in [2.05, 4.69) is 34.9 Å². The number of alkyl halides is 3. The van der Waals surface area contributed by atoms with Gasteiger partial charge in [0, 0.05) is 45.4 Å². The number of nitrogens with one attached hydrogen (secondary N) is 1. The number of fused-ring (bicyclic) bond motifs is 1. The molecule has 0 unspecified atom stereocenters. The first kappa shape index (κ1) is 22.1. The first-order valence-electron chi connectivity index (χ1n) is 11.1. The number of methoxy groups -OCH3 is 1. The summed E-state index contributed by atoms with van der Waals surface area (Å²) in [6, 6.07) is -0.0568. The van der Waals surface area contributed by atoms with Gasteiger partial charge in [-0.2, -0.15) is 18.2 Å². The van der Waals surface area contributed by atoms with E-state index in [1.54, 1.807) is 7.11 Å². The van der Waals surface area contributed by atoms with Gasteiger partial charge in [-0.05, 0) is 19.3 Å². The number of aromatic nitrogens is 5. The maximum Gasteiger partial charge on any atom is 0.423 e. The van der Waals surface area contributed by atoms with Crippen molar-refractivity contribution in [1.29, 1.82) is 0 Å². The SMILES string of the molecule is CO[C@@H]1CCn2c(nnc2N2CCC[C@@H](Nc3ncc(C(F)(F)F)c(OC4COC4)n3)C2)C1. The van der Waals surface area contributed by atoms with Crippen molar-refractivity contribution < 1.29 is 27.4 Å². The van der Waals surface area contributed by atoms with Gasteiger partial charge in [-0.3, -0.25) is 4.57 Å². The van der Waals surface area contributed by atoms with Gasteiger partial charge in [0.2, 0.25) is 17.8 Å². The Bertz CT molecular complexity index is 982. The highest BCUT2D eigenvalue weighted by molar-refractivity contribution is 5.39. The molecule has 0 spiro atoms. The van der Waals surface area contributed by atoms with Crippen LogP contribution in [0.3, 0.4) is 0 Å². The highest BCUT2D eigenvalue weighted by Crippen LogP contribution is 2.36. The molecule has 3 aliphatic rings. The van der Waals surface area contributed by atoms with Crippen LogP contribution in [0.4, 0.5) is 25.1 Å². The summed E-state index contributed by atoms with van der Waals surface area (Å²) in [7, 11) is 1.71. The number of hydrogen-bond acceptors (Lipinski definition) is 9. The summed E-state index contributed by atoms with van der Waals surface area (Å²) in [6.07, 6.45) is -0.753. The van der Waals surface area contributed by atoms with Crippen LogP contribution in [0.25, 0.3) is 0 Å². The number of halogens is 3. The van der Waals surface area contributed by atoms with Gasteiger partial charge in [0.05, 0.1) is 19.3 Å². The van der Waals surface area contributed by atoms with E-state index in [9.17, 15) is 13.2 Å². The van der Waals surface area contributed by atoms with Gasteiger partial charge in [-0.1, -0.05) is 0 Å². The Morgan fingerprint density at radius 1 is 1.15 bits per heavy atom. The first-order valence-corrected chi connectivity index (χ1v) is 11.1. The molecule has 0 radical (unpaired) electrons. The van der Waals surface area contributed by atoms with Crippen LogP contribution in [-0.4, -0.2) is 76.4 Å². The number of nitrogens with zero attached hydrogens (tertiary/aromatic N) is 6. The van der Waals surface area contributed by atoms with Gasteiger partial charge in [0.15, 0.2) is 0 Å². The van der Waals surface area contributed by atoms with Crippen LogP contribution in [0.1, 0.15) is 30.7 Å². The van der Waals surface area contributed by atoms with E-state index in [1.807, 2.05) is 0 Å². The fourth-order valence-electron chi connectivity index (χ4n) is 4.34. The van der Waals surface area contributed by atoms with Gasteiger partial charge in [-0.25, -0.2) is 4.98 Å². The van der Waals surface area contributed by atoms with Crippen molar-refractivity contribution in [2.24, 2.45) is 0 Å². The zero-order valence-corrected chi connectivity index (χ0v) is 18.2. The van der Waals surface area contributed by atoms with Gasteiger partial charge in [0.25, 0.3) is 0 Å². The van der Waals surface area contributed by atoms with Crippen molar-refractivity contribution in [1.82, 2.24) is 24.7 Å². The lowest BCUT2D eigenvalue weighted by Crippen LogP contribution is -2.44. The fourth-order valence-corrected chi connectivity index (χ4v) is 4.34. The van der Waals surface area contributed by atoms with E-state index in [-0.39, 0.29) is 31.3 Å². The Kier molecular flexibility index (Phi) is 5.99. The average Bonchev–Trinajstić information content (AvgIpc) is 3.19. The Morgan fingerprint density at radius 3 is 2.73 bits per heavy atom. The minimum absolute atomic E-state index is 0.0568. The van der Waals surface area contributed by atoms with Crippen LogP contribution in [0.15, 0.2) is 6.20 Å². The molecule has 2 aromatic heterocycles. The molecule has 0 bridgehead atoms. The predicted molar refractivity (Wildman–Crippen MR) is 110 cm³/mol. The van der Waals surface area contributed by atoms with Crippen molar-refractivity contribution in [3.63, 3.8) is 0 Å². The van der Waals surface area contributed by atoms with Crippen LogP contribution in [0.2, 0.25) is 0 Å². The van der Waals surface area contributed by atoms with E-state index < -0.39 is 23.7 Å². The van der Waals surface area contributed by atoms with E-state index in [0.717, 1.165) is 56.7 Å². The number of hydrogen-bond donors (Lipinski definition) is 1. The van der Waals surface area contributed by atoms with Crippen molar-refractivity contribution in [2.45, 2.75) is 56.7 Å².